The number of aromatic nitrogens is 2. The number of benzene rings is 1. The van der Waals surface area contributed by atoms with Crippen molar-refractivity contribution in [1.29, 1.82) is 0 Å². The maximum atomic E-state index is 12.0. The van der Waals surface area contributed by atoms with Gasteiger partial charge in [-0.2, -0.15) is 0 Å². The average molecular weight is 356 g/mol. The van der Waals surface area contributed by atoms with Crippen LogP contribution in [0.2, 0.25) is 0 Å². The molecule has 0 N–H and O–H groups in total. The van der Waals surface area contributed by atoms with Gasteiger partial charge in [-0.25, -0.2) is 4.98 Å². The van der Waals surface area contributed by atoms with Crippen molar-refractivity contribution in [3.05, 3.63) is 42.4 Å². The number of rotatable bonds is 6. The van der Waals surface area contributed by atoms with E-state index in [1.807, 2.05) is 24.3 Å². The molecular weight excluding hydrogens is 332 g/mol. The molecule has 1 aromatic heterocycles. The summed E-state index contributed by atoms with van der Waals surface area (Å²) in [6.07, 6.45) is 5.35. The van der Waals surface area contributed by atoms with Crippen LogP contribution in [0.15, 0.2) is 36.7 Å². The molecule has 1 aromatic carbocycles. The number of nitrogens with zero attached hydrogens (tertiary/aromatic N) is 4. The van der Waals surface area contributed by atoms with Crippen molar-refractivity contribution in [2.45, 2.75) is 18.9 Å². The monoisotopic (exact) mass is 356 g/mol. The topological polar surface area (TPSA) is 67.8 Å². The number of carbonyl (C=O) groups is 1. The van der Waals surface area contributed by atoms with E-state index in [1.54, 1.807) is 38.5 Å². The lowest BCUT2D eigenvalue weighted by Crippen LogP contribution is -2.36. The first-order valence-electron chi connectivity index (χ1n) is 8.65. The number of likely N-dealkylation sites (N-methyl/N-ethyl adjacent to an activating group) is 1. The molecule has 3 rings (SSSR count). The van der Waals surface area contributed by atoms with Crippen LogP contribution < -0.4 is 9.47 Å². The number of hydrogen-bond acceptors (Lipinski definition) is 6. The molecule has 1 atom stereocenters. The molecule has 7 nitrogen and oxygen atoms in total. The Labute approximate surface area is 153 Å². The third-order valence-electron chi connectivity index (χ3n) is 4.46. The SMILES string of the molecule is COc1ccc(Oc2cncc([C@@H]3CCCN3CC(=O)N(C)C)n2)cc1. The highest BCUT2D eigenvalue weighted by Crippen LogP contribution is 2.31. The Morgan fingerprint density at radius 2 is 1.96 bits per heavy atom. The molecule has 1 fully saturated rings. The fourth-order valence-electron chi connectivity index (χ4n) is 3.00. The van der Waals surface area contributed by atoms with Gasteiger partial charge in [0.2, 0.25) is 11.8 Å². The third kappa shape index (κ3) is 4.29. The fraction of sp³-hybridized carbons (Fsp3) is 0.421. The molecule has 0 radical (unpaired) electrons. The van der Waals surface area contributed by atoms with Crippen LogP contribution in [0.4, 0.5) is 0 Å². The van der Waals surface area contributed by atoms with E-state index in [0.29, 0.717) is 18.2 Å². The number of likely N-dealkylation sites (tertiary alicyclic amines) is 1. The molecule has 0 aliphatic carbocycles. The van der Waals surface area contributed by atoms with Gasteiger partial charge < -0.3 is 14.4 Å². The lowest BCUT2D eigenvalue weighted by Gasteiger charge is -2.24. The van der Waals surface area contributed by atoms with Crippen LogP contribution in [-0.4, -0.2) is 60.0 Å². The van der Waals surface area contributed by atoms with Gasteiger partial charge in [0.05, 0.1) is 37.8 Å². The number of carbonyl (C=O) groups excluding carboxylic acids is 1. The first-order valence-corrected chi connectivity index (χ1v) is 8.65. The van der Waals surface area contributed by atoms with Gasteiger partial charge in [0.25, 0.3) is 0 Å². The standard InChI is InChI=1S/C19H24N4O3/c1-22(2)19(24)13-23-10-4-5-17(23)16-11-20-12-18(21-16)26-15-8-6-14(25-3)7-9-15/h6-9,11-12,17H,4-5,10,13H2,1-3H3/t17-/m0/s1. The van der Waals surface area contributed by atoms with Gasteiger partial charge in [-0.1, -0.05) is 0 Å². The molecule has 2 heterocycles. The highest BCUT2D eigenvalue weighted by atomic mass is 16.5. The molecule has 1 amide bonds. The van der Waals surface area contributed by atoms with Crippen molar-refractivity contribution < 1.29 is 14.3 Å². The first kappa shape index (κ1) is 18.1. The summed E-state index contributed by atoms with van der Waals surface area (Å²) in [7, 11) is 5.17. The predicted molar refractivity (Wildman–Crippen MR) is 97.3 cm³/mol. The Morgan fingerprint density at radius 1 is 1.23 bits per heavy atom. The summed E-state index contributed by atoms with van der Waals surface area (Å²) >= 11 is 0. The quantitative estimate of drug-likeness (QED) is 0.792. The summed E-state index contributed by atoms with van der Waals surface area (Å²) in [4.78, 5) is 24.7. The van der Waals surface area contributed by atoms with Gasteiger partial charge in [0.15, 0.2) is 0 Å². The summed E-state index contributed by atoms with van der Waals surface area (Å²) < 4.78 is 11.0. The van der Waals surface area contributed by atoms with Crippen LogP contribution in [0.3, 0.4) is 0 Å². The predicted octanol–water partition coefficient (Wildman–Crippen LogP) is 2.50. The van der Waals surface area contributed by atoms with Crippen LogP contribution in [-0.2, 0) is 4.79 Å². The third-order valence-corrected chi connectivity index (χ3v) is 4.46. The van der Waals surface area contributed by atoms with E-state index >= 15 is 0 Å². The number of methoxy groups -OCH3 is 1. The van der Waals surface area contributed by atoms with Crippen molar-refractivity contribution in [1.82, 2.24) is 19.8 Å². The zero-order valence-electron chi connectivity index (χ0n) is 15.4. The van der Waals surface area contributed by atoms with Crippen LogP contribution in [0.1, 0.15) is 24.6 Å². The first-order chi connectivity index (χ1) is 12.6. The Bertz CT molecular complexity index is 749. The molecule has 0 spiro atoms. The summed E-state index contributed by atoms with van der Waals surface area (Å²) in [5.74, 6) is 1.97. The Balaban J connectivity index is 1.72. The second-order valence-electron chi connectivity index (χ2n) is 6.48. The highest BCUT2D eigenvalue weighted by molar-refractivity contribution is 5.77. The molecule has 138 valence electrons. The summed E-state index contributed by atoms with van der Waals surface area (Å²) in [5.41, 5.74) is 0.833. The smallest absolute Gasteiger partial charge is 0.238 e. The molecular formula is C19H24N4O3. The number of amides is 1. The van der Waals surface area contributed by atoms with E-state index in [4.69, 9.17) is 9.47 Å². The Morgan fingerprint density at radius 3 is 2.65 bits per heavy atom. The minimum absolute atomic E-state index is 0.0887. The summed E-state index contributed by atoms with van der Waals surface area (Å²) in [6, 6.07) is 7.40. The Hall–Kier alpha value is -2.67. The normalized spacial score (nSPS) is 17.1. The molecule has 0 bridgehead atoms. The van der Waals surface area contributed by atoms with E-state index in [1.165, 1.54) is 0 Å². The van der Waals surface area contributed by atoms with Gasteiger partial charge in [0, 0.05) is 14.1 Å². The van der Waals surface area contributed by atoms with E-state index in [9.17, 15) is 4.79 Å². The summed E-state index contributed by atoms with van der Waals surface area (Å²) in [6.45, 7) is 1.28. The maximum Gasteiger partial charge on any atom is 0.238 e. The second kappa shape index (κ2) is 8.14. The molecule has 0 unspecified atom stereocenters. The van der Waals surface area contributed by atoms with E-state index in [2.05, 4.69) is 14.9 Å². The van der Waals surface area contributed by atoms with Gasteiger partial charge in [-0.05, 0) is 43.7 Å². The van der Waals surface area contributed by atoms with Crippen molar-refractivity contribution in [2.75, 3.05) is 34.3 Å². The maximum absolute atomic E-state index is 12.0. The average Bonchev–Trinajstić information content (AvgIpc) is 3.10. The molecule has 1 aliphatic heterocycles. The van der Waals surface area contributed by atoms with Crippen molar-refractivity contribution in [2.24, 2.45) is 0 Å². The minimum atomic E-state index is 0.0887. The lowest BCUT2D eigenvalue weighted by atomic mass is 10.1. The van der Waals surface area contributed by atoms with Crippen molar-refractivity contribution >= 4 is 5.91 Å². The molecule has 0 saturated carbocycles. The van der Waals surface area contributed by atoms with Crippen LogP contribution >= 0.6 is 0 Å². The zero-order chi connectivity index (χ0) is 18.5. The minimum Gasteiger partial charge on any atom is -0.497 e. The summed E-state index contributed by atoms with van der Waals surface area (Å²) in [5, 5.41) is 0. The van der Waals surface area contributed by atoms with Gasteiger partial charge in [-0.3, -0.25) is 14.7 Å². The number of ether oxygens (including phenoxy) is 2. The number of hydrogen-bond donors (Lipinski definition) is 0. The van der Waals surface area contributed by atoms with Gasteiger partial charge >= 0.3 is 0 Å². The zero-order valence-corrected chi connectivity index (χ0v) is 15.4. The largest absolute Gasteiger partial charge is 0.497 e. The van der Waals surface area contributed by atoms with Gasteiger partial charge in [-0.15, -0.1) is 0 Å². The lowest BCUT2D eigenvalue weighted by molar-refractivity contribution is -0.130. The molecule has 1 aliphatic rings. The van der Waals surface area contributed by atoms with Crippen molar-refractivity contribution in [3.63, 3.8) is 0 Å². The van der Waals surface area contributed by atoms with Crippen LogP contribution in [0, 0.1) is 0 Å². The molecule has 2 aromatic rings. The second-order valence-corrected chi connectivity index (χ2v) is 6.48. The van der Waals surface area contributed by atoms with E-state index in [0.717, 1.165) is 30.8 Å². The Kier molecular flexibility index (Phi) is 5.68. The fourth-order valence-corrected chi connectivity index (χ4v) is 3.00. The molecule has 7 heteroatoms. The van der Waals surface area contributed by atoms with E-state index < -0.39 is 0 Å². The van der Waals surface area contributed by atoms with Gasteiger partial charge in [0.1, 0.15) is 11.5 Å². The molecule has 26 heavy (non-hydrogen) atoms. The van der Waals surface area contributed by atoms with Crippen molar-refractivity contribution in [3.8, 4) is 17.4 Å². The van der Waals surface area contributed by atoms with Crippen LogP contribution in [0.25, 0.3) is 0 Å². The van der Waals surface area contributed by atoms with Crippen LogP contribution in [0.5, 0.6) is 17.4 Å². The van der Waals surface area contributed by atoms with E-state index in [-0.39, 0.29) is 11.9 Å². The molecule has 1 saturated heterocycles. The highest BCUT2D eigenvalue weighted by Gasteiger charge is 2.29.